The zero-order valence-electron chi connectivity index (χ0n) is 15.8. The molecular weight excluding hydrogens is 402 g/mol. The Hall–Kier alpha value is -1.98. The summed E-state index contributed by atoms with van der Waals surface area (Å²) in [6.07, 6.45) is 4.47. The van der Waals surface area contributed by atoms with Crippen molar-refractivity contribution < 1.29 is 13.3 Å². The van der Waals surface area contributed by atoms with Gasteiger partial charge in [-0.2, -0.15) is 4.31 Å². The summed E-state index contributed by atoms with van der Waals surface area (Å²) in [6, 6.07) is 3.96. The molecule has 1 N–H and O–H groups in total. The summed E-state index contributed by atoms with van der Waals surface area (Å²) in [7, 11) is -3.77. The Bertz CT molecular complexity index is 950. The highest BCUT2D eigenvalue weighted by atomic mass is 32.2. The van der Waals surface area contributed by atoms with E-state index in [1.54, 1.807) is 13.8 Å². The summed E-state index contributed by atoms with van der Waals surface area (Å²) in [5.41, 5.74) is -0.273. The van der Waals surface area contributed by atoms with Crippen LogP contribution in [0.5, 0.6) is 0 Å². The van der Waals surface area contributed by atoms with Gasteiger partial charge in [0, 0.05) is 25.1 Å². The molecule has 1 fully saturated rings. The lowest BCUT2D eigenvalue weighted by Crippen LogP contribution is -2.30. The standard InChI is InChI=1S/C17H23N5O4S2/c1-3-21(4-2)28(25,26)13-9-10-15(14(11-13)22(23)24)27-17-18-16(19-20-17)12-7-5-6-8-12/h9-12H,3-8H2,1-2H3,(H,18,19,20). The number of rotatable bonds is 8. The molecule has 3 rings (SSSR count). The number of nitro groups is 1. The van der Waals surface area contributed by atoms with Crippen LogP contribution in [0.3, 0.4) is 0 Å². The van der Waals surface area contributed by atoms with Gasteiger partial charge in [-0.25, -0.2) is 13.4 Å². The molecule has 28 heavy (non-hydrogen) atoms. The van der Waals surface area contributed by atoms with Crippen molar-refractivity contribution in [3.05, 3.63) is 34.1 Å². The normalized spacial score (nSPS) is 15.4. The Morgan fingerprint density at radius 1 is 1.29 bits per heavy atom. The van der Waals surface area contributed by atoms with Crippen molar-refractivity contribution in [1.82, 2.24) is 19.5 Å². The van der Waals surface area contributed by atoms with Gasteiger partial charge in [-0.05, 0) is 36.7 Å². The fraction of sp³-hybridized carbons (Fsp3) is 0.529. The number of aromatic nitrogens is 3. The quantitative estimate of drug-likeness (QED) is 0.507. The van der Waals surface area contributed by atoms with E-state index in [-0.39, 0.29) is 10.6 Å². The molecule has 2 aromatic rings. The largest absolute Gasteiger partial charge is 0.284 e. The fourth-order valence-electron chi connectivity index (χ4n) is 3.38. The Labute approximate surface area is 168 Å². The van der Waals surface area contributed by atoms with E-state index in [0.717, 1.165) is 36.5 Å². The van der Waals surface area contributed by atoms with Crippen LogP contribution >= 0.6 is 11.8 Å². The summed E-state index contributed by atoms with van der Waals surface area (Å²) < 4.78 is 26.6. The van der Waals surface area contributed by atoms with Crippen molar-refractivity contribution in [3.8, 4) is 0 Å². The Morgan fingerprint density at radius 3 is 2.57 bits per heavy atom. The lowest BCUT2D eigenvalue weighted by Gasteiger charge is -2.18. The van der Waals surface area contributed by atoms with E-state index >= 15 is 0 Å². The molecule has 0 aliphatic heterocycles. The third-order valence-electron chi connectivity index (χ3n) is 4.90. The zero-order chi connectivity index (χ0) is 20.3. The van der Waals surface area contributed by atoms with E-state index in [2.05, 4.69) is 15.2 Å². The second-order valence-electron chi connectivity index (χ2n) is 6.56. The van der Waals surface area contributed by atoms with Gasteiger partial charge in [-0.1, -0.05) is 26.7 Å². The molecule has 0 spiro atoms. The first kappa shape index (κ1) is 20.7. The number of nitro benzene ring substituents is 1. The molecular formula is C17H23N5O4S2. The number of H-pyrrole nitrogens is 1. The number of benzene rings is 1. The van der Waals surface area contributed by atoms with Gasteiger partial charge in [0.05, 0.1) is 14.7 Å². The van der Waals surface area contributed by atoms with Crippen LogP contribution < -0.4 is 0 Å². The molecule has 0 atom stereocenters. The highest BCUT2D eigenvalue weighted by molar-refractivity contribution is 7.99. The van der Waals surface area contributed by atoms with Crippen LogP contribution in [0, 0.1) is 10.1 Å². The molecule has 1 heterocycles. The SMILES string of the molecule is CCN(CC)S(=O)(=O)c1ccc(Sc2n[nH]c(C3CCCC3)n2)c([N+](=O)[O-])c1. The van der Waals surface area contributed by atoms with Crippen LogP contribution in [0.25, 0.3) is 0 Å². The maximum Gasteiger partial charge on any atom is 0.284 e. The van der Waals surface area contributed by atoms with Crippen molar-refractivity contribution >= 4 is 27.5 Å². The van der Waals surface area contributed by atoms with Gasteiger partial charge in [0.25, 0.3) is 5.69 Å². The lowest BCUT2D eigenvalue weighted by atomic mass is 10.1. The number of hydrogen-bond acceptors (Lipinski definition) is 7. The summed E-state index contributed by atoms with van der Waals surface area (Å²) >= 11 is 1.06. The molecule has 1 saturated carbocycles. The number of hydrogen-bond donors (Lipinski definition) is 1. The molecule has 11 heteroatoms. The summed E-state index contributed by atoms with van der Waals surface area (Å²) in [5, 5.41) is 19.0. The summed E-state index contributed by atoms with van der Waals surface area (Å²) in [4.78, 5) is 15.7. The van der Waals surface area contributed by atoms with Crippen LogP contribution in [0.15, 0.2) is 33.1 Å². The number of aromatic amines is 1. The van der Waals surface area contributed by atoms with Crippen molar-refractivity contribution in [3.63, 3.8) is 0 Å². The van der Waals surface area contributed by atoms with E-state index in [1.807, 2.05) is 0 Å². The Kier molecular flexibility index (Phi) is 6.36. The van der Waals surface area contributed by atoms with E-state index in [4.69, 9.17) is 0 Å². The van der Waals surface area contributed by atoms with E-state index in [9.17, 15) is 18.5 Å². The topological polar surface area (TPSA) is 122 Å². The molecule has 0 bridgehead atoms. The van der Waals surface area contributed by atoms with Crippen LogP contribution in [-0.4, -0.2) is 45.9 Å². The number of sulfonamides is 1. The molecule has 1 aliphatic carbocycles. The first-order valence-electron chi connectivity index (χ1n) is 9.25. The molecule has 1 aliphatic rings. The first-order valence-corrected chi connectivity index (χ1v) is 11.5. The smallest absolute Gasteiger partial charge is 0.262 e. The predicted octanol–water partition coefficient (Wildman–Crippen LogP) is 3.55. The molecule has 0 amide bonds. The maximum absolute atomic E-state index is 12.7. The highest BCUT2D eigenvalue weighted by Crippen LogP contribution is 2.37. The minimum absolute atomic E-state index is 0.0890. The van der Waals surface area contributed by atoms with Gasteiger partial charge in [-0.3, -0.25) is 15.2 Å². The summed E-state index contributed by atoms with van der Waals surface area (Å²) in [5.74, 6) is 1.17. The number of nitrogens with zero attached hydrogens (tertiary/aromatic N) is 4. The van der Waals surface area contributed by atoms with Crippen LogP contribution in [0.1, 0.15) is 51.3 Å². The van der Waals surface area contributed by atoms with Gasteiger partial charge in [0.2, 0.25) is 15.2 Å². The third kappa shape index (κ3) is 4.20. The second kappa shape index (κ2) is 8.58. The van der Waals surface area contributed by atoms with Gasteiger partial charge < -0.3 is 0 Å². The molecule has 152 valence electrons. The van der Waals surface area contributed by atoms with Crippen molar-refractivity contribution in [2.75, 3.05) is 13.1 Å². The average molecular weight is 426 g/mol. The monoisotopic (exact) mass is 425 g/mol. The summed E-state index contributed by atoms with van der Waals surface area (Å²) in [6.45, 7) is 4.05. The maximum atomic E-state index is 12.7. The Balaban J connectivity index is 1.89. The minimum Gasteiger partial charge on any atom is -0.262 e. The molecule has 0 unspecified atom stereocenters. The second-order valence-corrected chi connectivity index (χ2v) is 9.51. The van der Waals surface area contributed by atoms with Crippen LogP contribution in [0.2, 0.25) is 0 Å². The molecule has 0 saturated heterocycles. The van der Waals surface area contributed by atoms with Crippen molar-refractivity contribution in [2.45, 2.75) is 60.4 Å². The average Bonchev–Trinajstić information content (AvgIpc) is 3.34. The first-order chi connectivity index (χ1) is 13.4. The van der Waals surface area contributed by atoms with E-state index in [0.29, 0.717) is 29.1 Å². The lowest BCUT2D eigenvalue weighted by molar-refractivity contribution is -0.388. The van der Waals surface area contributed by atoms with Crippen molar-refractivity contribution in [1.29, 1.82) is 0 Å². The van der Waals surface area contributed by atoms with Crippen LogP contribution in [-0.2, 0) is 10.0 Å². The van der Waals surface area contributed by atoms with Gasteiger partial charge >= 0.3 is 0 Å². The van der Waals surface area contributed by atoms with Gasteiger partial charge in [0.15, 0.2) is 0 Å². The molecule has 0 radical (unpaired) electrons. The third-order valence-corrected chi connectivity index (χ3v) is 7.87. The Morgan fingerprint density at radius 2 is 1.96 bits per heavy atom. The van der Waals surface area contributed by atoms with E-state index in [1.165, 1.54) is 29.3 Å². The molecule has 1 aromatic carbocycles. The van der Waals surface area contributed by atoms with Crippen molar-refractivity contribution in [2.24, 2.45) is 0 Å². The van der Waals surface area contributed by atoms with Gasteiger partial charge in [0.1, 0.15) is 5.82 Å². The highest BCUT2D eigenvalue weighted by Gasteiger charge is 2.27. The molecule has 1 aromatic heterocycles. The zero-order valence-corrected chi connectivity index (χ0v) is 17.4. The fourth-order valence-corrected chi connectivity index (χ4v) is 5.67. The number of nitrogens with one attached hydrogen (secondary N) is 1. The van der Waals surface area contributed by atoms with E-state index < -0.39 is 14.9 Å². The van der Waals surface area contributed by atoms with Crippen LogP contribution in [0.4, 0.5) is 5.69 Å². The van der Waals surface area contributed by atoms with Gasteiger partial charge in [-0.15, -0.1) is 5.10 Å². The molecule has 9 nitrogen and oxygen atoms in total. The predicted molar refractivity (Wildman–Crippen MR) is 105 cm³/mol. The minimum atomic E-state index is -3.77.